The van der Waals surface area contributed by atoms with Crippen molar-refractivity contribution in [3.63, 3.8) is 0 Å². The molecule has 0 bridgehead atoms. The second-order valence-corrected chi connectivity index (χ2v) is 6.27. The number of hydrogen-bond donors (Lipinski definition) is 1. The molecule has 3 rings (SSSR count). The molecule has 0 saturated carbocycles. The van der Waals surface area contributed by atoms with Gasteiger partial charge in [-0.3, -0.25) is 9.59 Å². The van der Waals surface area contributed by atoms with Gasteiger partial charge in [0.25, 0.3) is 0 Å². The number of benzene rings is 1. The Balaban J connectivity index is 1.63. The first kappa shape index (κ1) is 16.8. The van der Waals surface area contributed by atoms with Gasteiger partial charge in [-0.05, 0) is 25.3 Å². The Kier molecular flexibility index (Phi) is 5.35. The lowest BCUT2D eigenvalue weighted by molar-refractivity contribution is -0.136. The molecule has 0 radical (unpaired) electrons. The van der Waals surface area contributed by atoms with E-state index in [1.165, 1.54) is 0 Å². The van der Waals surface area contributed by atoms with Crippen molar-refractivity contribution in [2.45, 2.75) is 44.4 Å². The van der Waals surface area contributed by atoms with Gasteiger partial charge in [0.2, 0.25) is 11.8 Å². The number of methoxy groups -OCH3 is 1. The molecule has 2 saturated heterocycles. The first-order valence-corrected chi connectivity index (χ1v) is 8.49. The zero-order valence-corrected chi connectivity index (χ0v) is 14.0. The van der Waals surface area contributed by atoms with Gasteiger partial charge in [-0.1, -0.05) is 18.2 Å². The summed E-state index contributed by atoms with van der Waals surface area (Å²) in [7, 11) is 1.61. The lowest BCUT2D eigenvalue weighted by atomic mass is 10.1. The molecule has 130 valence electrons. The van der Waals surface area contributed by atoms with Crippen molar-refractivity contribution in [2.75, 3.05) is 20.3 Å². The smallest absolute Gasteiger partial charge is 0.242 e. The van der Waals surface area contributed by atoms with Gasteiger partial charge in [0.15, 0.2) is 0 Å². The van der Waals surface area contributed by atoms with Crippen LogP contribution in [0.25, 0.3) is 0 Å². The van der Waals surface area contributed by atoms with Crippen molar-refractivity contribution in [1.82, 2.24) is 10.2 Å². The summed E-state index contributed by atoms with van der Waals surface area (Å²) in [6.07, 6.45) is 3.10. The van der Waals surface area contributed by atoms with E-state index < -0.39 is 6.04 Å². The highest BCUT2D eigenvalue weighted by atomic mass is 16.5. The molecule has 1 N–H and O–H groups in total. The molecule has 24 heavy (non-hydrogen) atoms. The van der Waals surface area contributed by atoms with E-state index in [9.17, 15) is 9.59 Å². The van der Waals surface area contributed by atoms with Gasteiger partial charge in [-0.15, -0.1) is 0 Å². The average molecular weight is 332 g/mol. The minimum absolute atomic E-state index is 0.0122. The molecule has 0 unspecified atom stereocenters. The van der Waals surface area contributed by atoms with E-state index in [1.54, 1.807) is 12.0 Å². The third-order valence-electron chi connectivity index (χ3n) is 4.69. The van der Waals surface area contributed by atoms with Crippen LogP contribution in [0.5, 0.6) is 5.75 Å². The predicted molar refractivity (Wildman–Crippen MR) is 88.5 cm³/mol. The van der Waals surface area contributed by atoms with Gasteiger partial charge in [-0.2, -0.15) is 0 Å². The number of amides is 2. The Hall–Kier alpha value is -2.08. The molecule has 6 nitrogen and oxygen atoms in total. The minimum Gasteiger partial charge on any atom is -0.496 e. The van der Waals surface area contributed by atoms with Crippen LogP contribution < -0.4 is 10.1 Å². The molecule has 0 spiro atoms. The number of carbonyl (C=O) groups excluding carboxylic acids is 2. The van der Waals surface area contributed by atoms with Crippen LogP contribution >= 0.6 is 0 Å². The van der Waals surface area contributed by atoms with Crippen LogP contribution in [0.4, 0.5) is 0 Å². The summed E-state index contributed by atoms with van der Waals surface area (Å²) in [5.41, 5.74) is 0.909. The summed E-state index contributed by atoms with van der Waals surface area (Å²) in [5.74, 6) is 0.653. The number of para-hydroxylation sites is 1. The largest absolute Gasteiger partial charge is 0.496 e. The molecule has 0 aromatic heterocycles. The average Bonchev–Trinajstić information content (AvgIpc) is 3.24. The Morgan fingerprint density at radius 2 is 2.21 bits per heavy atom. The minimum atomic E-state index is -0.413. The van der Waals surface area contributed by atoms with Gasteiger partial charge in [0, 0.05) is 25.1 Å². The molecular weight excluding hydrogens is 308 g/mol. The number of hydrogen-bond acceptors (Lipinski definition) is 4. The highest BCUT2D eigenvalue weighted by molar-refractivity contribution is 5.90. The maximum atomic E-state index is 12.5. The van der Waals surface area contributed by atoms with Crippen LogP contribution in [0.2, 0.25) is 0 Å². The molecule has 2 aliphatic rings. The number of ether oxygens (including phenoxy) is 2. The van der Waals surface area contributed by atoms with Crippen molar-refractivity contribution >= 4 is 11.8 Å². The Labute approximate surface area is 142 Å². The summed E-state index contributed by atoms with van der Waals surface area (Å²) in [5, 5.41) is 2.94. The summed E-state index contributed by atoms with van der Waals surface area (Å²) < 4.78 is 10.9. The molecular formula is C18H24N2O4. The number of nitrogens with one attached hydrogen (secondary N) is 1. The number of carbonyl (C=O) groups is 2. The van der Waals surface area contributed by atoms with Gasteiger partial charge >= 0.3 is 0 Å². The first-order chi connectivity index (χ1) is 11.7. The molecule has 2 aliphatic heterocycles. The summed E-state index contributed by atoms with van der Waals surface area (Å²) in [4.78, 5) is 26.4. The van der Waals surface area contributed by atoms with Crippen molar-refractivity contribution in [3.05, 3.63) is 29.8 Å². The van der Waals surface area contributed by atoms with Crippen LogP contribution in [-0.4, -0.2) is 49.1 Å². The lowest BCUT2D eigenvalue weighted by Gasteiger charge is -2.25. The standard InChI is InChI=1S/C18H24N2O4/c1-23-16-7-3-2-5-13(16)12-20-15(8-9-17(20)21)18(22)19-11-14-6-4-10-24-14/h2-3,5,7,14-15H,4,6,8-12H2,1H3,(H,19,22)/t14-,15+/m1/s1. The van der Waals surface area contributed by atoms with Crippen LogP contribution in [0, 0.1) is 0 Å². The number of rotatable bonds is 6. The maximum absolute atomic E-state index is 12.5. The third-order valence-corrected chi connectivity index (χ3v) is 4.69. The SMILES string of the molecule is COc1ccccc1CN1C(=O)CC[C@H]1C(=O)NC[C@H]1CCCO1. The number of likely N-dealkylation sites (tertiary alicyclic amines) is 1. The quantitative estimate of drug-likeness (QED) is 0.857. The second kappa shape index (κ2) is 7.66. The fourth-order valence-corrected chi connectivity index (χ4v) is 3.36. The van der Waals surface area contributed by atoms with Crippen molar-refractivity contribution in [2.24, 2.45) is 0 Å². The zero-order chi connectivity index (χ0) is 16.9. The Morgan fingerprint density at radius 1 is 1.38 bits per heavy atom. The Bertz CT molecular complexity index is 598. The van der Waals surface area contributed by atoms with Crippen LogP contribution in [-0.2, 0) is 20.9 Å². The van der Waals surface area contributed by atoms with Gasteiger partial charge < -0.3 is 19.7 Å². The van der Waals surface area contributed by atoms with E-state index in [0.29, 0.717) is 25.9 Å². The zero-order valence-electron chi connectivity index (χ0n) is 14.0. The fraction of sp³-hybridized carbons (Fsp3) is 0.556. The molecule has 2 fully saturated rings. The highest BCUT2D eigenvalue weighted by Crippen LogP contribution is 2.26. The van der Waals surface area contributed by atoms with E-state index in [2.05, 4.69) is 5.32 Å². The fourth-order valence-electron chi connectivity index (χ4n) is 3.36. The summed E-state index contributed by atoms with van der Waals surface area (Å²) in [6, 6.07) is 7.17. The van der Waals surface area contributed by atoms with E-state index in [1.807, 2.05) is 24.3 Å². The third kappa shape index (κ3) is 3.70. The van der Waals surface area contributed by atoms with Crippen molar-refractivity contribution in [3.8, 4) is 5.75 Å². The molecule has 0 aliphatic carbocycles. The lowest BCUT2D eigenvalue weighted by Crippen LogP contribution is -2.46. The van der Waals surface area contributed by atoms with E-state index in [-0.39, 0.29) is 17.9 Å². The number of nitrogens with zero attached hydrogens (tertiary/aromatic N) is 1. The van der Waals surface area contributed by atoms with Gasteiger partial charge in [0.1, 0.15) is 11.8 Å². The van der Waals surface area contributed by atoms with Crippen LogP contribution in [0.1, 0.15) is 31.2 Å². The predicted octanol–water partition coefficient (Wildman–Crippen LogP) is 1.48. The van der Waals surface area contributed by atoms with E-state index in [4.69, 9.17) is 9.47 Å². The molecule has 2 heterocycles. The molecule has 1 aromatic carbocycles. The maximum Gasteiger partial charge on any atom is 0.242 e. The summed E-state index contributed by atoms with van der Waals surface area (Å²) in [6.45, 7) is 1.68. The van der Waals surface area contributed by atoms with Crippen LogP contribution in [0.15, 0.2) is 24.3 Å². The first-order valence-electron chi connectivity index (χ1n) is 8.49. The van der Waals surface area contributed by atoms with E-state index in [0.717, 1.165) is 30.8 Å². The normalized spacial score (nSPS) is 23.5. The molecule has 6 heteroatoms. The topological polar surface area (TPSA) is 67.9 Å². The van der Waals surface area contributed by atoms with Crippen molar-refractivity contribution < 1.29 is 19.1 Å². The van der Waals surface area contributed by atoms with E-state index >= 15 is 0 Å². The molecule has 1 aromatic rings. The molecule has 2 atom stereocenters. The van der Waals surface area contributed by atoms with Gasteiger partial charge in [0.05, 0.1) is 19.8 Å². The van der Waals surface area contributed by atoms with Gasteiger partial charge in [-0.25, -0.2) is 0 Å². The molecule has 2 amide bonds. The Morgan fingerprint density at radius 3 is 2.96 bits per heavy atom. The van der Waals surface area contributed by atoms with Crippen molar-refractivity contribution in [1.29, 1.82) is 0 Å². The summed E-state index contributed by atoms with van der Waals surface area (Å²) >= 11 is 0. The second-order valence-electron chi connectivity index (χ2n) is 6.27. The highest BCUT2D eigenvalue weighted by Gasteiger charge is 2.36. The monoisotopic (exact) mass is 332 g/mol. The van der Waals surface area contributed by atoms with Crippen LogP contribution in [0.3, 0.4) is 0 Å².